The molecule has 2 fully saturated rings. The van der Waals surface area contributed by atoms with Crippen molar-refractivity contribution in [2.45, 2.75) is 63.7 Å². The molecular weight excluding hydrogens is 738 g/mol. The van der Waals surface area contributed by atoms with Gasteiger partial charge in [0.25, 0.3) is 11.8 Å². The number of hydrogen-bond donors (Lipinski definition) is 6. The monoisotopic (exact) mass is 774 g/mol. The molecule has 0 radical (unpaired) electrons. The van der Waals surface area contributed by atoms with Crippen LogP contribution in [-0.4, -0.2) is 111 Å². The molecule has 2 aromatic heterocycles. The van der Waals surface area contributed by atoms with E-state index in [1.165, 1.54) is 41.8 Å². The zero-order chi connectivity index (χ0) is 38.6. The molecule has 20 heteroatoms. The molecule has 0 aliphatic carbocycles. The number of carbonyl (C=O) groups excluding carboxylic acids is 2. The number of quaternary nitrogens is 1. The van der Waals surface area contributed by atoms with Crippen molar-refractivity contribution in [1.29, 1.82) is 0 Å². The Labute approximate surface area is 308 Å². The van der Waals surface area contributed by atoms with Crippen LogP contribution in [0.4, 0.5) is 9.52 Å². The number of carboxylic acid groups (broad SMARTS) is 2. The Bertz CT molecular complexity index is 2180. The van der Waals surface area contributed by atoms with Crippen molar-refractivity contribution in [1.82, 2.24) is 19.8 Å². The predicted octanol–water partition coefficient (Wildman–Crippen LogP) is 1.74. The number of aromatic hydroxyl groups is 2. The van der Waals surface area contributed by atoms with Crippen LogP contribution >= 0.6 is 23.1 Å². The Morgan fingerprint density at radius 2 is 1.89 bits per heavy atom. The standard InChI is InChI=1S/C33H36FN7O10S2/c1-4-39-10-15(25(43)17-9-19(42)26(44)20(34)24(17)39)11-41(7-5-6-8-41)12-16-13-52-29-22(28(46)40(29)23(16)30(47)48)37-27(45)21(18-14-53-32(35)36-18)38-51-33(2,3)31(49)50/h9-10,14,22,29H,4-8,11-13H2,1-3H3,(H6-,35,36,37,38,42,43,44,45,47,48,49,50)/p+1/t22-,29-/m1/s1. The number of nitrogens with two attached hydrogens (primary N) is 1. The smallest absolute Gasteiger partial charge is 0.352 e. The van der Waals surface area contributed by atoms with Crippen LogP contribution in [0.15, 0.2) is 38.9 Å². The van der Waals surface area contributed by atoms with E-state index in [0.29, 0.717) is 28.7 Å². The molecule has 3 aliphatic heterocycles. The number of nitrogens with zero attached hydrogens (tertiary/aromatic N) is 5. The third-order valence-corrected chi connectivity index (χ3v) is 11.6. The number of oxime groups is 1. The van der Waals surface area contributed by atoms with E-state index in [0.717, 1.165) is 35.1 Å². The molecule has 3 aliphatic rings. The fourth-order valence-electron chi connectivity index (χ4n) is 6.88. The summed E-state index contributed by atoms with van der Waals surface area (Å²) < 4.78 is 16.8. The molecule has 7 N–H and O–H groups in total. The zero-order valence-corrected chi connectivity index (χ0v) is 30.4. The lowest BCUT2D eigenvalue weighted by Gasteiger charge is -2.50. The summed E-state index contributed by atoms with van der Waals surface area (Å²) in [5.41, 5.74) is 3.38. The number of pyridine rings is 1. The van der Waals surface area contributed by atoms with Gasteiger partial charge in [0, 0.05) is 42.3 Å². The number of thioether (sulfide) groups is 1. The lowest BCUT2D eigenvalue weighted by molar-refractivity contribution is -0.925. The van der Waals surface area contributed by atoms with Gasteiger partial charge in [-0.1, -0.05) is 5.16 Å². The van der Waals surface area contributed by atoms with Gasteiger partial charge in [0.1, 0.15) is 35.9 Å². The lowest BCUT2D eigenvalue weighted by Crippen LogP contribution is -2.71. The third-order valence-electron chi connectivity index (χ3n) is 9.61. The normalized spacial score (nSPS) is 20.0. The van der Waals surface area contributed by atoms with Crippen molar-refractivity contribution in [2.75, 3.05) is 31.1 Å². The van der Waals surface area contributed by atoms with Gasteiger partial charge in [-0.25, -0.2) is 19.0 Å². The van der Waals surface area contributed by atoms with Crippen molar-refractivity contribution in [3.8, 4) is 11.5 Å². The second kappa shape index (κ2) is 14.0. The topological polar surface area (TPSA) is 247 Å². The van der Waals surface area contributed by atoms with Gasteiger partial charge in [-0.2, -0.15) is 0 Å². The SMILES string of the molecule is CCn1cc(C[N+]2(CC3=C(C(=O)O)N4C(=O)[C@@H](NC(=O)/C(=N\OC(C)(C)C(=O)O)c5csc(N)n5)[C@H]4SC3)CCCC2)c(=O)c2cc(O)c(O)c(F)c21. The van der Waals surface area contributed by atoms with E-state index in [1.807, 2.05) is 0 Å². The number of carboxylic acids is 2. The Hall–Kier alpha value is -5.21. The van der Waals surface area contributed by atoms with Crippen LogP contribution in [0.25, 0.3) is 10.9 Å². The highest BCUT2D eigenvalue weighted by molar-refractivity contribution is 8.00. The van der Waals surface area contributed by atoms with Crippen molar-refractivity contribution >= 4 is 68.6 Å². The van der Waals surface area contributed by atoms with Gasteiger partial charge >= 0.3 is 11.9 Å². The van der Waals surface area contributed by atoms with Crippen LogP contribution in [0.1, 0.15) is 44.9 Å². The number of aromatic nitrogens is 2. The summed E-state index contributed by atoms with van der Waals surface area (Å²) in [6.45, 7) is 6.00. The second-order valence-corrected chi connectivity index (χ2v) is 15.6. The van der Waals surface area contributed by atoms with Crippen molar-refractivity contribution < 1.29 is 53.3 Å². The van der Waals surface area contributed by atoms with Crippen LogP contribution in [-0.2, 0) is 37.1 Å². The van der Waals surface area contributed by atoms with Gasteiger partial charge in [0.15, 0.2) is 33.6 Å². The first-order chi connectivity index (χ1) is 25.0. The number of thiazole rings is 1. The average Bonchev–Trinajstić information content (AvgIpc) is 3.75. The van der Waals surface area contributed by atoms with Crippen LogP contribution in [0.3, 0.4) is 0 Å². The highest BCUT2D eigenvalue weighted by atomic mass is 32.2. The third kappa shape index (κ3) is 6.77. The van der Waals surface area contributed by atoms with E-state index in [2.05, 4.69) is 15.5 Å². The first-order valence-corrected chi connectivity index (χ1v) is 18.4. The fourth-order valence-corrected chi connectivity index (χ4v) is 8.76. The van der Waals surface area contributed by atoms with Gasteiger partial charge in [-0.15, -0.1) is 23.1 Å². The molecule has 0 spiro atoms. The van der Waals surface area contributed by atoms with E-state index >= 15 is 4.39 Å². The zero-order valence-electron chi connectivity index (χ0n) is 28.8. The van der Waals surface area contributed by atoms with Gasteiger partial charge in [0.2, 0.25) is 5.60 Å². The molecule has 1 aromatic carbocycles. The predicted molar refractivity (Wildman–Crippen MR) is 191 cm³/mol. The Morgan fingerprint density at radius 3 is 2.49 bits per heavy atom. The maximum atomic E-state index is 15.0. The highest BCUT2D eigenvalue weighted by Crippen LogP contribution is 2.42. The molecular formula is C33H37FN7O10S2+. The quantitative estimate of drug-likeness (QED) is 0.0506. The van der Waals surface area contributed by atoms with Gasteiger partial charge < -0.3 is 45.4 Å². The number of phenols is 2. The maximum absolute atomic E-state index is 15.0. The first-order valence-electron chi connectivity index (χ1n) is 16.5. The Balaban J connectivity index is 1.27. The molecule has 6 rings (SSSR count). The van der Waals surface area contributed by atoms with Crippen molar-refractivity contribution in [3.63, 3.8) is 0 Å². The minimum absolute atomic E-state index is 0.0173. The number of nitrogen functional groups attached to an aromatic ring is 1. The molecule has 0 saturated carbocycles. The summed E-state index contributed by atoms with van der Waals surface area (Å²) in [7, 11) is 0. The lowest BCUT2D eigenvalue weighted by atomic mass is 10.0. The number of carbonyl (C=O) groups is 4. The summed E-state index contributed by atoms with van der Waals surface area (Å²) in [5.74, 6) is -6.93. The number of amides is 2. The summed E-state index contributed by atoms with van der Waals surface area (Å²) in [6.07, 6.45) is 3.12. The van der Waals surface area contributed by atoms with Crippen LogP contribution in [0, 0.1) is 5.82 Å². The molecule has 0 unspecified atom stereocenters. The minimum Gasteiger partial charge on any atom is -0.504 e. The molecule has 2 amide bonds. The number of fused-ring (bicyclic) bond motifs is 2. The second-order valence-electron chi connectivity index (χ2n) is 13.6. The molecule has 282 valence electrons. The number of nitrogens with one attached hydrogen (secondary N) is 1. The van der Waals surface area contributed by atoms with Gasteiger partial charge in [-0.05, 0) is 26.8 Å². The summed E-state index contributed by atoms with van der Waals surface area (Å²) in [5, 5.41) is 46.8. The van der Waals surface area contributed by atoms with E-state index < -0.39 is 69.2 Å². The van der Waals surface area contributed by atoms with Crippen LogP contribution in [0.2, 0.25) is 0 Å². The van der Waals surface area contributed by atoms with Crippen LogP contribution in [0.5, 0.6) is 11.5 Å². The number of aryl methyl sites for hydroxylation is 1. The first kappa shape index (κ1) is 37.5. The number of phenolic OH excluding ortho intramolecular Hbond substituents is 2. The molecule has 2 saturated heterocycles. The number of likely N-dealkylation sites (tertiary alicyclic amines) is 1. The largest absolute Gasteiger partial charge is 0.504 e. The van der Waals surface area contributed by atoms with Crippen molar-refractivity contribution in [3.05, 3.63) is 56.2 Å². The minimum atomic E-state index is -1.81. The number of halogens is 1. The summed E-state index contributed by atoms with van der Waals surface area (Å²) in [4.78, 5) is 75.4. The number of aliphatic carboxylic acids is 2. The van der Waals surface area contributed by atoms with E-state index in [1.54, 1.807) is 6.92 Å². The Kier molecular flexibility index (Phi) is 9.90. The van der Waals surface area contributed by atoms with Gasteiger partial charge in [-0.3, -0.25) is 19.3 Å². The molecule has 5 heterocycles. The van der Waals surface area contributed by atoms with E-state index in [-0.39, 0.29) is 52.8 Å². The highest BCUT2D eigenvalue weighted by Gasteiger charge is 2.55. The number of rotatable bonds is 12. The summed E-state index contributed by atoms with van der Waals surface area (Å²) in [6, 6.07) is -0.119. The number of β-lactam (4-membered cyclic amide) rings is 1. The average molecular weight is 775 g/mol. The fraction of sp³-hybridized carbons (Fsp3) is 0.424. The van der Waals surface area contributed by atoms with Gasteiger partial charge in [0.05, 0.1) is 29.6 Å². The molecule has 53 heavy (non-hydrogen) atoms. The molecule has 0 bridgehead atoms. The molecule has 3 aromatic rings. The van der Waals surface area contributed by atoms with Crippen molar-refractivity contribution in [2.24, 2.45) is 5.16 Å². The Morgan fingerprint density at radius 1 is 1.19 bits per heavy atom. The van der Waals surface area contributed by atoms with Crippen LogP contribution < -0.4 is 16.5 Å². The van der Waals surface area contributed by atoms with E-state index in [9.17, 15) is 44.4 Å². The molecule has 2 atom stereocenters. The number of hydrogen-bond acceptors (Lipinski definition) is 13. The maximum Gasteiger partial charge on any atom is 0.352 e. The molecule has 17 nitrogen and oxygen atoms in total. The number of anilines is 1. The number of benzene rings is 1. The summed E-state index contributed by atoms with van der Waals surface area (Å²) >= 11 is 2.25. The van der Waals surface area contributed by atoms with E-state index in [4.69, 9.17) is 10.6 Å².